The third kappa shape index (κ3) is 4.21. The van der Waals surface area contributed by atoms with Crippen molar-refractivity contribution in [1.82, 2.24) is 9.97 Å². The van der Waals surface area contributed by atoms with Crippen molar-refractivity contribution in [3.05, 3.63) is 121 Å². The second-order valence-electron chi connectivity index (χ2n) is 7.91. The van der Waals surface area contributed by atoms with Gasteiger partial charge in [0, 0.05) is 24.8 Å². The van der Waals surface area contributed by atoms with Crippen molar-refractivity contribution >= 4 is 0 Å². The normalized spacial score (nSPS) is 10.8. The van der Waals surface area contributed by atoms with Crippen molar-refractivity contribution < 1.29 is 0 Å². The van der Waals surface area contributed by atoms with Crippen LogP contribution >= 0.6 is 0 Å². The monoisotopic (exact) mass is 412 g/mol. The van der Waals surface area contributed by atoms with Gasteiger partial charge < -0.3 is 0 Å². The van der Waals surface area contributed by atoms with E-state index in [4.69, 9.17) is 0 Å². The number of rotatable bonds is 5. The lowest BCUT2D eigenvalue weighted by Crippen LogP contribution is -1.89. The average molecular weight is 413 g/mol. The molecular formula is C30H24N2. The van der Waals surface area contributed by atoms with Crippen LogP contribution in [-0.2, 0) is 6.42 Å². The van der Waals surface area contributed by atoms with Gasteiger partial charge in [-0.05, 0) is 99.0 Å². The van der Waals surface area contributed by atoms with Gasteiger partial charge in [0.05, 0.1) is 0 Å². The Morgan fingerprint density at radius 1 is 0.438 bits per heavy atom. The Hall–Kier alpha value is -4.04. The van der Waals surface area contributed by atoms with Crippen molar-refractivity contribution in [2.45, 2.75) is 13.3 Å². The van der Waals surface area contributed by atoms with Crippen LogP contribution in [0.2, 0.25) is 0 Å². The number of aromatic nitrogens is 2. The molecule has 0 aliphatic rings. The Labute approximate surface area is 189 Å². The lowest BCUT2D eigenvalue weighted by Gasteiger charge is -2.12. The van der Waals surface area contributed by atoms with E-state index in [1.807, 2.05) is 24.8 Å². The highest BCUT2D eigenvalue weighted by atomic mass is 14.6. The molecule has 5 rings (SSSR count). The van der Waals surface area contributed by atoms with Gasteiger partial charge in [-0.15, -0.1) is 0 Å². The Kier molecular flexibility index (Phi) is 5.59. The second-order valence-corrected chi connectivity index (χ2v) is 7.91. The predicted octanol–water partition coefficient (Wildman–Crippen LogP) is 7.71. The number of aryl methyl sites for hydroxylation is 1. The van der Waals surface area contributed by atoms with Gasteiger partial charge in [-0.3, -0.25) is 9.97 Å². The minimum Gasteiger partial charge on any atom is -0.265 e. The molecule has 0 radical (unpaired) electrons. The van der Waals surface area contributed by atoms with E-state index in [1.54, 1.807) is 0 Å². The first-order valence-electron chi connectivity index (χ1n) is 11.0. The molecule has 0 N–H and O–H groups in total. The summed E-state index contributed by atoms with van der Waals surface area (Å²) in [5.74, 6) is 0. The zero-order valence-corrected chi connectivity index (χ0v) is 18.1. The highest BCUT2D eigenvalue weighted by Crippen LogP contribution is 2.32. The number of hydrogen-bond donors (Lipinski definition) is 0. The highest BCUT2D eigenvalue weighted by molar-refractivity contribution is 5.79. The van der Waals surface area contributed by atoms with Crippen molar-refractivity contribution in [3.63, 3.8) is 0 Å². The van der Waals surface area contributed by atoms with Gasteiger partial charge >= 0.3 is 0 Å². The molecule has 0 spiro atoms. The van der Waals surface area contributed by atoms with Crippen LogP contribution in [0, 0.1) is 0 Å². The summed E-state index contributed by atoms with van der Waals surface area (Å²) < 4.78 is 0. The molecular weight excluding hydrogens is 388 g/mol. The Morgan fingerprint density at radius 2 is 0.812 bits per heavy atom. The Morgan fingerprint density at radius 3 is 1.22 bits per heavy atom. The lowest BCUT2D eigenvalue weighted by molar-refractivity contribution is 1.14. The Bertz CT molecular complexity index is 1240. The molecule has 2 nitrogen and oxygen atoms in total. The van der Waals surface area contributed by atoms with Crippen LogP contribution in [0.3, 0.4) is 0 Å². The number of benzene rings is 3. The first-order valence-corrected chi connectivity index (χ1v) is 11.0. The molecule has 0 saturated heterocycles. The maximum atomic E-state index is 4.14. The van der Waals surface area contributed by atoms with E-state index in [-0.39, 0.29) is 0 Å². The zero-order chi connectivity index (χ0) is 21.8. The van der Waals surface area contributed by atoms with Crippen LogP contribution in [0.15, 0.2) is 116 Å². The van der Waals surface area contributed by atoms with Crippen LogP contribution < -0.4 is 0 Å². The minimum atomic E-state index is 0.995. The summed E-state index contributed by atoms with van der Waals surface area (Å²) in [7, 11) is 0. The van der Waals surface area contributed by atoms with Gasteiger partial charge in [0.1, 0.15) is 0 Å². The fourth-order valence-electron chi connectivity index (χ4n) is 4.07. The maximum absolute atomic E-state index is 4.14. The summed E-state index contributed by atoms with van der Waals surface area (Å²) in [6, 6.07) is 32.6. The van der Waals surface area contributed by atoms with Gasteiger partial charge in [-0.25, -0.2) is 0 Å². The summed E-state index contributed by atoms with van der Waals surface area (Å²) in [5.41, 5.74) is 11.0. The van der Waals surface area contributed by atoms with E-state index in [1.165, 1.54) is 50.1 Å². The van der Waals surface area contributed by atoms with Crippen molar-refractivity contribution in [2.24, 2.45) is 0 Å². The van der Waals surface area contributed by atoms with E-state index in [9.17, 15) is 0 Å². The van der Waals surface area contributed by atoms with E-state index in [2.05, 4.69) is 108 Å². The van der Waals surface area contributed by atoms with Gasteiger partial charge in [0.15, 0.2) is 0 Å². The smallest absolute Gasteiger partial charge is 0.0273 e. The fraction of sp³-hybridized carbons (Fsp3) is 0.0667. The van der Waals surface area contributed by atoms with E-state index in [0.717, 1.165) is 6.42 Å². The van der Waals surface area contributed by atoms with Crippen LogP contribution in [0.5, 0.6) is 0 Å². The molecule has 0 amide bonds. The molecule has 0 atom stereocenters. The topological polar surface area (TPSA) is 25.8 Å². The van der Waals surface area contributed by atoms with E-state index in [0.29, 0.717) is 0 Å². The number of nitrogens with zero attached hydrogens (tertiary/aromatic N) is 2. The van der Waals surface area contributed by atoms with E-state index < -0.39 is 0 Å². The van der Waals surface area contributed by atoms with Gasteiger partial charge in [-0.1, -0.05) is 55.5 Å². The quantitative estimate of drug-likeness (QED) is 0.295. The SMILES string of the molecule is CCc1cc(-c2cccc(-c3ccncc3)c2)cc(-c2cccc(-c3ccncc3)c2)c1. The summed E-state index contributed by atoms with van der Waals surface area (Å²) in [6.07, 6.45) is 8.36. The molecule has 0 aliphatic carbocycles. The third-order valence-corrected chi connectivity index (χ3v) is 5.82. The van der Waals surface area contributed by atoms with Crippen molar-refractivity contribution in [1.29, 1.82) is 0 Å². The Balaban J connectivity index is 1.58. The highest BCUT2D eigenvalue weighted by Gasteiger charge is 2.08. The first-order chi connectivity index (χ1) is 15.8. The molecule has 0 bridgehead atoms. The fourth-order valence-corrected chi connectivity index (χ4v) is 4.07. The molecule has 0 unspecified atom stereocenters. The molecule has 2 aromatic heterocycles. The van der Waals surface area contributed by atoms with Crippen LogP contribution in [-0.4, -0.2) is 9.97 Å². The maximum Gasteiger partial charge on any atom is 0.0273 e. The van der Waals surface area contributed by atoms with Crippen LogP contribution in [0.1, 0.15) is 12.5 Å². The van der Waals surface area contributed by atoms with Crippen molar-refractivity contribution in [3.8, 4) is 44.5 Å². The van der Waals surface area contributed by atoms with Gasteiger partial charge in [0.2, 0.25) is 0 Å². The number of pyridine rings is 2. The van der Waals surface area contributed by atoms with Crippen LogP contribution in [0.25, 0.3) is 44.5 Å². The van der Waals surface area contributed by atoms with E-state index >= 15 is 0 Å². The molecule has 32 heavy (non-hydrogen) atoms. The predicted molar refractivity (Wildman–Crippen MR) is 133 cm³/mol. The largest absolute Gasteiger partial charge is 0.265 e. The third-order valence-electron chi connectivity index (χ3n) is 5.82. The molecule has 5 aromatic rings. The summed E-state index contributed by atoms with van der Waals surface area (Å²) in [6.45, 7) is 2.21. The molecule has 0 aliphatic heterocycles. The first kappa shape index (κ1) is 19.9. The second kappa shape index (κ2) is 8.99. The average Bonchev–Trinajstić information content (AvgIpc) is 2.89. The molecule has 2 heteroatoms. The lowest BCUT2D eigenvalue weighted by atomic mass is 9.92. The molecule has 3 aromatic carbocycles. The summed E-state index contributed by atoms with van der Waals surface area (Å²) in [5, 5.41) is 0. The minimum absolute atomic E-state index is 0.995. The summed E-state index contributed by atoms with van der Waals surface area (Å²) >= 11 is 0. The zero-order valence-electron chi connectivity index (χ0n) is 18.1. The molecule has 154 valence electrons. The number of hydrogen-bond acceptors (Lipinski definition) is 2. The van der Waals surface area contributed by atoms with Crippen LogP contribution in [0.4, 0.5) is 0 Å². The molecule has 0 saturated carbocycles. The van der Waals surface area contributed by atoms with Gasteiger partial charge in [0.25, 0.3) is 0 Å². The molecule has 0 fully saturated rings. The standard InChI is InChI=1S/C30H24N2/c1-2-22-17-29(27-7-3-5-25(19-27)23-9-13-31-14-10-23)21-30(18-22)28-8-4-6-26(20-28)24-11-15-32-16-12-24/h3-21H,2H2,1H3. The summed E-state index contributed by atoms with van der Waals surface area (Å²) in [4.78, 5) is 8.29. The molecule has 2 heterocycles. The van der Waals surface area contributed by atoms with Gasteiger partial charge in [-0.2, -0.15) is 0 Å². The van der Waals surface area contributed by atoms with Crippen molar-refractivity contribution in [2.75, 3.05) is 0 Å².